The summed E-state index contributed by atoms with van der Waals surface area (Å²) < 4.78 is 17.3. The van der Waals surface area contributed by atoms with Crippen molar-refractivity contribution in [3.8, 4) is 0 Å². The van der Waals surface area contributed by atoms with Crippen LogP contribution >= 0.6 is 0 Å². The fourth-order valence-corrected chi connectivity index (χ4v) is 6.47. The summed E-state index contributed by atoms with van der Waals surface area (Å²) in [6.07, 6.45) is 13.0. The van der Waals surface area contributed by atoms with Gasteiger partial charge in [-0.3, -0.25) is 14.8 Å². The molecule has 3 aromatic heterocycles. The highest BCUT2D eigenvalue weighted by Crippen LogP contribution is 2.38. The molecule has 3 fully saturated rings. The van der Waals surface area contributed by atoms with Crippen molar-refractivity contribution in [3.63, 3.8) is 0 Å². The van der Waals surface area contributed by atoms with E-state index in [9.17, 15) is 9.90 Å². The highest BCUT2D eigenvalue weighted by molar-refractivity contribution is 5.84. The molecule has 45 heavy (non-hydrogen) atoms. The second-order valence-electron chi connectivity index (χ2n) is 12.8. The van der Waals surface area contributed by atoms with Crippen molar-refractivity contribution < 1.29 is 9.50 Å². The maximum absolute atomic E-state index is 15.1. The molecule has 238 valence electrons. The van der Waals surface area contributed by atoms with E-state index in [2.05, 4.69) is 36.9 Å². The lowest BCUT2D eigenvalue weighted by atomic mass is 10.1. The molecule has 8 nitrogen and oxygen atoms in total. The summed E-state index contributed by atoms with van der Waals surface area (Å²) >= 11 is 0. The van der Waals surface area contributed by atoms with Crippen molar-refractivity contribution in [2.24, 2.45) is 0 Å². The van der Waals surface area contributed by atoms with Gasteiger partial charge in [0.05, 0.1) is 29.2 Å². The van der Waals surface area contributed by atoms with E-state index in [4.69, 9.17) is 0 Å². The van der Waals surface area contributed by atoms with Crippen LogP contribution in [0.2, 0.25) is 0 Å². The molecule has 0 spiro atoms. The van der Waals surface area contributed by atoms with E-state index in [1.165, 1.54) is 44.1 Å². The van der Waals surface area contributed by atoms with Crippen LogP contribution < -0.4 is 20.5 Å². The van der Waals surface area contributed by atoms with E-state index in [1.807, 2.05) is 43.3 Å². The minimum atomic E-state index is -0.442. The van der Waals surface area contributed by atoms with Gasteiger partial charge >= 0.3 is 0 Å². The fraction of sp³-hybridized carbons (Fsp3) is 0.472. The average Bonchev–Trinajstić information content (AvgIpc) is 3.89. The van der Waals surface area contributed by atoms with Crippen molar-refractivity contribution >= 4 is 22.3 Å². The van der Waals surface area contributed by atoms with E-state index in [0.717, 1.165) is 48.2 Å². The molecule has 0 amide bonds. The number of benzene rings is 1. The number of β-amino-alcohol motifs (C(OH)–C–C–N with tert-alkyl or cyclic N) is 1. The number of halogens is 1. The largest absolute Gasteiger partial charge is 0.391 e. The first kappa shape index (κ1) is 31.2. The van der Waals surface area contributed by atoms with Crippen LogP contribution in [-0.2, 0) is 13.1 Å². The molecule has 0 bridgehead atoms. The Morgan fingerprint density at radius 3 is 2.42 bits per heavy atom. The molecule has 2 saturated heterocycles. The van der Waals surface area contributed by atoms with E-state index in [0.29, 0.717) is 48.9 Å². The molecular weight excluding hydrogens is 567 g/mol. The summed E-state index contributed by atoms with van der Waals surface area (Å²) in [6.45, 7) is 8.57. The lowest BCUT2D eigenvalue weighted by Crippen LogP contribution is -2.38. The van der Waals surface area contributed by atoms with Crippen molar-refractivity contribution in [1.29, 1.82) is 0 Å². The maximum atomic E-state index is 15.1. The molecule has 7 rings (SSSR count). The average molecular weight is 613 g/mol. The summed E-state index contributed by atoms with van der Waals surface area (Å²) in [6, 6.07) is 11.8. The number of hydrogen-bond donors (Lipinski definition) is 2. The lowest BCUT2D eigenvalue weighted by molar-refractivity contribution is 0.154. The number of aliphatic hydroxyl groups excluding tert-OH is 1. The van der Waals surface area contributed by atoms with Gasteiger partial charge in [0.15, 0.2) is 5.43 Å². The van der Waals surface area contributed by atoms with Gasteiger partial charge in [0.25, 0.3) is 0 Å². The monoisotopic (exact) mass is 612 g/mol. The third-order valence-electron chi connectivity index (χ3n) is 9.07. The number of hydrogen-bond acceptors (Lipinski definition) is 7. The molecular formula is C36H45FN6O2. The van der Waals surface area contributed by atoms with Crippen LogP contribution in [0, 0.1) is 19.7 Å². The molecule has 1 unspecified atom stereocenters. The zero-order valence-corrected chi connectivity index (χ0v) is 26.5. The number of rotatable bonds is 7. The Kier molecular flexibility index (Phi) is 9.76. The van der Waals surface area contributed by atoms with Gasteiger partial charge in [-0.2, -0.15) is 0 Å². The van der Waals surface area contributed by atoms with E-state index in [-0.39, 0.29) is 5.43 Å². The fourth-order valence-electron chi connectivity index (χ4n) is 6.47. The number of nitrogens with zero attached hydrogens (tertiary/aromatic N) is 5. The minimum Gasteiger partial charge on any atom is -0.391 e. The van der Waals surface area contributed by atoms with Crippen LogP contribution in [0.5, 0.6) is 0 Å². The first-order valence-electron chi connectivity index (χ1n) is 16.5. The lowest BCUT2D eigenvalue weighted by Gasteiger charge is -2.32. The summed E-state index contributed by atoms with van der Waals surface area (Å²) in [5.74, 6) is -0.400. The number of fused-ring (bicyclic) bond motifs is 1. The Bertz CT molecular complexity index is 1660. The highest BCUT2D eigenvalue weighted by atomic mass is 19.1. The smallest absolute Gasteiger partial charge is 0.193 e. The van der Waals surface area contributed by atoms with Gasteiger partial charge in [0.2, 0.25) is 0 Å². The molecule has 1 atom stereocenters. The van der Waals surface area contributed by atoms with Crippen LogP contribution in [0.25, 0.3) is 10.9 Å². The number of aromatic nitrogens is 3. The third-order valence-corrected chi connectivity index (χ3v) is 9.07. The van der Waals surface area contributed by atoms with E-state index in [1.54, 1.807) is 12.3 Å². The van der Waals surface area contributed by atoms with Crippen molar-refractivity contribution in [3.05, 3.63) is 93.5 Å². The molecule has 9 heteroatoms. The number of anilines is 2. The molecule has 4 aromatic rings. The minimum absolute atomic E-state index is 0.126. The predicted octanol–water partition coefficient (Wildman–Crippen LogP) is 5.81. The first-order valence-corrected chi connectivity index (χ1v) is 16.5. The molecule has 1 aliphatic carbocycles. The van der Waals surface area contributed by atoms with Gasteiger partial charge in [0, 0.05) is 80.0 Å². The zero-order valence-electron chi connectivity index (χ0n) is 26.5. The predicted molar refractivity (Wildman–Crippen MR) is 178 cm³/mol. The number of piperidine rings is 2. The van der Waals surface area contributed by atoms with Crippen LogP contribution in [0.1, 0.15) is 73.5 Å². The quantitative estimate of drug-likeness (QED) is 0.273. The molecule has 2 aliphatic heterocycles. The molecule has 1 aromatic carbocycles. The van der Waals surface area contributed by atoms with Crippen LogP contribution in [0.3, 0.4) is 0 Å². The summed E-state index contributed by atoms with van der Waals surface area (Å²) in [7, 11) is 0. The molecule has 1 saturated carbocycles. The van der Waals surface area contributed by atoms with Crippen LogP contribution in [-0.4, -0.2) is 51.9 Å². The Morgan fingerprint density at radius 1 is 0.911 bits per heavy atom. The standard InChI is InChI=1S/C25H29FN4O2.C11H16N2/c1-16-9-17(6-7-28-16)12-27-13-18-14-30(19-4-5-19)23-11-24(22(26)10-21(23)25(18)32)29-8-2-3-20(31)15-29;1-10-5-6-11(9-12-10)13-7-3-2-4-8-13/h6-7,9-11,14,19-20,27,31H,2-5,8,12-13,15H2,1H3;5-6,9H,2-4,7-8H2,1H3. The Morgan fingerprint density at radius 2 is 1.71 bits per heavy atom. The van der Waals surface area contributed by atoms with Crippen molar-refractivity contribution in [2.45, 2.75) is 84.0 Å². The summed E-state index contributed by atoms with van der Waals surface area (Å²) in [5, 5.41) is 13.8. The molecule has 5 heterocycles. The maximum Gasteiger partial charge on any atom is 0.193 e. The van der Waals surface area contributed by atoms with Gasteiger partial charge in [0.1, 0.15) is 5.82 Å². The van der Waals surface area contributed by atoms with Crippen LogP contribution in [0.4, 0.5) is 15.8 Å². The second-order valence-corrected chi connectivity index (χ2v) is 12.8. The van der Waals surface area contributed by atoms with Crippen molar-refractivity contribution in [1.82, 2.24) is 19.9 Å². The number of pyridine rings is 3. The van der Waals surface area contributed by atoms with E-state index < -0.39 is 11.9 Å². The zero-order chi connectivity index (χ0) is 31.3. The SMILES string of the molecule is Cc1cc(CNCc2cn(C3CC3)c3cc(N4CCCC(O)C4)c(F)cc3c2=O)ccn1.Cc1ccc(N2CCCCC2)cn1. The van der Waals surface area contributed by atoms with Crippen LogP contribution in [0.15, 0.2) is 59.8 Å². The van der Waals surface area contributed by atoms with Crippen molar-refractivity contribution in [2.75, 3.05) is 36.0 Å². The first-order chi connectivity index (χ1) is 21.9. The summed E-state index contributed by atoms with van der Waals surface area (Å²) in [5.41, 5.74) is 6.23. The highest BCUT2D eigenvalue weighted by Gasteiger charge is 2.27. The second kappa shape index (κ2) is 14.1. The van der Waals surface area contributed by atoms with Gasteiger partial charge in [-0.1, -0.05) is 0 Å². The summed E-state index contributed by atoms with van der Waals surface area (Å²) in [4.78, 5) is 26.1. The Hall–Kier alpha value is -3.82. The van der Waals surface area contributed by atoms with Gasteiger partial charge in [-0.25, -0.2) is 4.39 Å². The molecule has 3 aliphatic rings. The van der Waals surface area contributed by atoms with Gasteiger partial charge < -0.3 is 24.8 Å². The van der Waals surface area contributed by atoms with Gasteiger partial charge in [-0.05, 0) is 101 Å². The normalized spacial score (nSPS) is 18.5. The Balaban J connectivity index is 0.000000229. The van der Waals surface area contributed by atoms with E-state index >= 15 is 4.39 Å². The number of aryl methyl sites for hydroxylation is 2. The van der Waals surface area contributed by atoms with Gasteiger partial charge in [-0.15, -0.1) is 0 Å². The molecule has 2 N–H and O–H groups in total. The number of nitrogens with one attached hydrogen (secondary N) is 1. The molecule has 0 radical (unpaired) electrons. The topological polar surface area (TPSA) is 86.5 Å². The third kappa shape index (κ3) is 7.71. The number of aliphatic hydroxyl groups is 1. The Labute approximate surface area is 264 Å².